The van der Waals surface area contributed by atoms with E-state index >= 15 is 0 Å². The number of carbonyl (C=O) groups excluding carboxylic acids is 1. The first kappa shape index (κ1) is 12.1. The maximum Gasteiger partial charge on any atom is 0.152 e. The van der Waals surface area contributed by atoms with Crippen LogP contribution in [0.5, 0.6) is 0 Å². The Balaban J connectivity index is 2.71. The first-order valence-corrected chi connectivity index (χ1v) is 5.76. The van der Waals surface area contributed by atoms with Crippen LogP contribution in [0.25, 0.3) is 11.3 Å². The van der Waals surface area contributed by atoms with Crippen molar-refractivity contribution in [3.63, 3.8) is 0 Å². The summed E-state index contributed by atoms with van der Waals surface area (Å²) in [6.45, 7) is 1.86. The summed E-state index contributed by atoms with van der Waals surface area (Å²) in [7, 11) is 0. The molecule has 0 fully saturated rings. The molecule has 17 heavy (non-hydrogen) atoms. The molecule has 2 aromatic rings. The number of aldehydes is 1. The van der Waals surface area contributed by atoms with Crippen LogP contribution in [-0.4, -0.2) is 11.3 Å². The van der Waals surface area contributed by atoms with Crippen LogP contribution in [-0.2, 0) is 0 Å². The molecule has 0 aliphatic carbocycles. The lowest BCUT2D eigenvalue weighted by Crippen LogP contribution is -1.94. The summed E-state index contributed by atoms with van der Waals surface area (Å²) in [6.07, 6.45) is 0.763. The molecule has 1 aromatic heterocycles. The summed E-state index contributed by atoms with van der Waals surface area (Å²) in [5, 5.41) is 0.861. The number of rotatable bonds is 2. The van der Waals surface area contributed by atoms with Gasteiger partial charge in [-0.25, -0.2) is 0 Å². The van der Waals surface area contributed by atoms with Crippen molar-refractivity contribution in [1.29, 1.82) is 0 Å². The zero-order chi connectivity index (χ0) is 12.4. The largest absolute Gasteiger partial charge is 0.298 e. The molecule has 2 rings (SSSR count). The molecule has 2 nitrogen and oxygen atoms in total. The molecular weight excluding hydrogens is 257 g/mol. The van der Waals surface area contributed by atoms with Crippen LogP contribution < -0.4 is 0 Å². The molecule has 1 aromatic carbocycles. The van der Waals surface area contributed by atoms with Gasteiger partial charge in [0.15, 0.2) is 6.29 Å². The van der Waals surface area contributed by atoms with Crippen LogP contribution in [0.2, 0.25) is 10.0 Å². The Bertz CT molecular complexity index is 582. The van der Waals surface area contributed by atoms with Crippen LogP contribution in [0.15, 0.2) is 30.3 Å². The minimum Gasteiger partial charge on any atom is -0.298 e. The number of hydrogen-bond donors (Lipinski definition) is 0. The van der Waals surface area contributed by atoms with Crippen LogP contribution >= 0.6 is 23.2 Å². The minimum absolute atomic E-state index is 0.412. The fraction of sp³-hybridized carbons (Fsp3) is 0.0769. The highest BCUT2D eigenvalue weighted by Crippen LogP contribution is 2.33. The normalized spacial score (nSPS) is 10.3. The first-order chi connectivity index (χ1) is 8.13. The molecule has 0 amide bonds. The molecule has 0 atom stereocenters. The average molecular weight is 266 g/mol. The third-order valence-corrected chi connectivity index (χ3v) is 3.22. The smallest absolute Gasteiger partial charge is 0.152 e. The molecule has 0 saturated heterocycles. The van der Waals surface area contributed by atoms with Gasteiger partial charge in [0.25, 0.3) is 0 Å². The number of hydrogen-bond acceptors (Lipinski definition) is 2. The van der Waals surface area contributed by atoms with Crippen molar-refractivity contribution in [3.05, 3.63) is 51.6 Å². The molecule has 4 heteroatoms. The molecule has 0 N–H and O–H groups in total. The van der Waals surface area contributed by atoms with Crippen molar-refractivity contribution in [2.24, 2.45) is 0 Å². The van der Waals surface area contributed by atoms with Gasteiger partial charge in [-0.2, -0.15) is 0 Å². The second-order valence-corrected chi connectivity index (χ2v) is 4.39. The van der Waals surface area contributed by atoms with Gasteiger partial charge in [-0.15, -0.1) is 0 Å². The maximum absolute atomic E-state index is 11.0. The Kier molecular flexibility index (Phi) is 3.46. The molecule has 0 aliphatic heterocycles. The second kappa shape index (κ2) is 4.86. The van der Waals surface area contributed by atoms with Gasteiger partial charge >= 0.3 is 0 Å². The second-order valence-electron chi connectivity index (χ2n) is 3.61. The predicted molar refractivity (Wildman–Crippen MR) is 69.8 cm³/mol. The fourth-order valence-corrected chi connectivity index (χ4v) is 1.96. The van der Waals surface area contributed by atoms with Crippen LogP contribution in [0.1, 0.15) is 16.1 Å². The molecule has 0 unspecified atom stereocenters. The minimum atomic E-state index is 0.412. The molecule has 0 spiro atoms. The Labute approximate surface area is 109 Å². The average Bonchev–Trinajstić information content (AvgIpc) is 2.33. The Hall–Kier alpha value is -1.38. The van der Waals surface area contributed by atoms with Crippen molar-refractivity contribution in [2.45, 2.75) is 6.92 Å². The summed E-state index contributed by atoms with van der Waals surface area (Å²) in [4.78, 5) is 15.3. The molecule has 1 heterocycles. The lowest BCUT2D eigenvalue weighted by Gasteiger charge is -2.08. The van der Waals surface area contributed by atoms with Gasteiger partial charge in [0.05, 0.1) is 15.7 Å². The van der Waals surface area contributed by atoms with Crippen molar-refractivity contribution >= 4 is 29.5 Å². The number of benzene rings is 1. The van der Waals surface area contributed by atoms with E-state index < -0.39 is 0 Å². The summed E-state index contributed by atoms with van der Waals surface area (Å²) < 4.78 is 0. The number of aromatic nitrogens is 1. The van der Waals surface area contributed by atoms with Crippen molar-refractivity contribution in [2.75, 3.05) is 0 Å². The van der Waals surface area contributed by atoms with Gasteiger partial charge in [-0.3, -0.25) is 9.78 Å². The number of nitrogens with zero attached hydrogens (tertiary/aromatic N) is 1. The lowest BCUT2D eigenvalue weighted by molar-refractivity contribution is 0.112. The summed E-state index contributed by atoms with van der Waals surface area (Å²) >= 11 is 12.1. The molecule has 0 saturated carbocycles. The molecule has 0 radical (unpaired) electrons. The highest BCUT2D eigenvalue weighted by molar-refractivity contribution is 6.43. The highest BCUT2D eigenvalue weighted by atomic mass is 35.5. The van der Waals surface area contributed by atoms with Gasteiger partial charge in [-0.05, 0) is 25.1 Å². The maximum atomic E-state index is 11.0. The predicted octanol–water partition coefficient (Wildman–Crippen LogP) is 4.18. The topological polar surface area (TPSA) is 30.0 Å². The van der Waals surface area contributed by atoms with Crippen molar-refractivity contribution in [1.82, 2.24) is 4.98 Å². The number of halogens is 2. The summed E-state index contributed by atoms with van der Waals surface area (Å²) in [6, 6.07) is 8.78. The molecule has 0 bridgehead atoms. The number of aryl methyl sites for hydroxylation is 1. The Morgan fingerprint density at radius 1 is 1.18 bits per heavy atom. The first-order valence-electron chi connectivity index (χ1n) is 5.00. The van der Waals surface area contributed by atoms with E-state index in [4.69, 9.17) is 23.2 Å². The van der Waals surface area contributed by atoms with Crippen LogP contribution in [0.3, 0.4) is 0 Å². The van der Waals surface area contributed by atoms with Crippen molar-refractivity contribution in [3.8, 4) is 11.3 Å². The third kappa shape index (κ3) is 2.33. The summed E-state index contributed by atoms with van der Waals surface area (Å²) in [5.41, 5.74) is 2.55. The van der Waals surface area contributed by atoms with E-state index in [-0.39, 0.29) is 0 Å². The molecule has 0 aliphatic rings. The lowest BCUT2D eigenvalue weighted by atomic mass is 10.1. The van der Waals surface area contributed by atoms with Gasteiger partial charge in [0, 0.05) is 16.8 Å². The zero-order valence-electron chi connectivity index (χ0n) is 9.08. The number of carbonyl (C=O) groups is 1. The number of pyridine rings is 1. The van der Waals surface area contributed by atoms with Gasteiger partial charge < -0.3 is 0 Å². The van der Waals surface area contributed by atoms with Crippen molar-refractivity contribution < 1.29 is 4.79 Å². The van der Waals surface area contributed by atoms with E-state index in [1.165, 1.54) is 0 Å². The molecule has 86 valence electrons. The fourth-order valence-electron chi connectivity index (χ4n) is 1.56. The van der Waals surface area contributed by atoms with E-state index in [0.29, 0.717) is 26.9 Å². The standard InChI is InChI=1S/C13H9Cl2NO/c1-8-5-6-9(7-17)13(16-8)10-3-2-4-11(14)12(10)15/h2-7H,1H3. The summed E-state index contributed by atoms with van der Waals surface area (Å²) in [5.74, 6) is 0. The van der Waals surface area contributed by atoms with E-state index in [2.05, 4.69) is 4.98 Å². The van der Waals surface area contributed by atoms with Gasteiger partial charge in [0.2, 0.25) is 0 Å². The third-order valence-electron chi connectivity index (χ3n) is 2.40. The Morgan fingerprint density at radius 3 is 2.65 bits per heavy atom. The monoisotopic (exact) mass is 265 g/mol. The quantitative estimate of drug-likeness (QED) is 0.763. The van der Waals surface area contributed by atoms with E-state index in [1.54, 1.807) is 30.3 Å². The van der Waals surface area contributed by atoms with E-state index in [1.807, 2.05) is 6.92 Å². The van der Waals surface area contributed by atoms with Gasteiger partial charge in [-0.1, -0.05) is 35.3 Å². The molecular formula is C13H9Cl2NO. The zero-order valence-corrected chi connectivity index (χ0v) is 10.6. The van der Waals surface area contributed by atoms with Gasteiger partial charge in [0.1, 0.15) is 0 Å². The van der Waals surface area contributed by atoms with E-state index in [9.17, 15) is 4.79 Å². The Morgan fingerprint density at radius 2 is 1.94 bits per heavy atom. The highest BCUT2D eigenvalue weighted by Gasteiger charge is 2.12. The van der Waals surface area contributed by atoms with Crippen LogP contribution in [0, 0.1) is 6.92 Å². The van der Waals surface area contributed by atoms with Crippen LogP contribution in [0.4, 0.5) is 0 Å². The van der Waals surface area contributed by atoms with E-state index in [0.717, 1.165) is 12.0 Å². The SMILES string of the molecule is Cc1ccc(C=O)c(-c2cccc(Cl)c2Cl)n1.